The monoisotopic (exact) mass is 477 g/mol. The van der Waals surface area contributed by atoms with Crippen LogP contribution in [0.1, 0.15) is 30.2 Å². The van der Waals surface area contributed by atoms with Gasteiger partial charge in [-0.3, -0.25) is 4.79 Å². The average molecular weight is 478 g/mol. The van der Waals surface area contributed by atoms with Crippen molar-refractivity contribution in [2.45, 2.75) is 25.5 Å². The van der Waals surface area contributed by atoms with E-state index in [0.717, 1.165) is 54.6 Å². The van der Waals surface area contributed by atoms with E-state index in [4.69, 9.17) is 9.47 Å². The van der Waals surface area contributed by atoms with E-state index < -0.39 is 6.10 Å². The van der Waals surface area contributed by atoms with E-state index in [-0.39, 0.29) is 12.5 Å². The van der Waals surface area contributed by atoms with Crippen LogP contribution in [0.4, 0.5) is 5.82 Å². The Hall–Kier alpha value is -3.27. The molecular weight excluding hydrogens is 446 g/mol. The Morgan fingerprint density at radius 2 is 2.17 bits per heavy atom. The lowest BCUT2D eigenvalue weighted by Crippen LogP contribution is -2.41. The molecule has 0 saturated carbocycles. The molecule has 35 heavy (non-hydrogen) atoms. The van der Waals surface area contributed by atoms with Crippen LogP contribution in [0.2, 0.25) is 0 Å². The molecule has 3 N–H and O–H groups in total. The van der Waals surface area contributed by atoms with Crippen molar-refractivity contribution < 1.29 is 19.4 Å². The number of piperidine rings is 1. The molecule has 0 bridgehead atoms. The molecule has 2 unspecified atom stereocenters. The molecule has 1 saturated heterocycles. The molecule has 2 aliphatic rings. The van der Waals surface area contributed by atoms with Crippen LogP contribution in [0.5, 0.6) is 11.6 Å². The Morgan fingerprint density at radius 3 is 3.06 bits per heavy atom. The minimum Gasteiger partial charge on any atom is -0.481 e. The van der Waals surface area contributed by atoms with Crippen molar-refractivity contribution in [3.8, 4) is 11.6 Å². The third-order valence-corrected chi connectivity index (χ3v) is 6.60. The lowest BCUT2D eigenvalue weighted by molar-refractivity contribution is -0.118. The zero-order chi connectivity index (χ0) is 24.2. The van der Waals surface area contributed by atoms with Crippen LogP contribution >= 0.6 is 0 Å². The van der Waals surface area contributed by atoms with Crippen LogP contribution in [0.3, 0.4) is 0 Å². The minimum atomic E-state index is -0.623. The number of aliphatic hydroxyl groups is 1. The first-order chi connectivity index (χ1) is 17.1. The number of anilines is 1. The summed E-state index contributed by atoms with van der Waals surface area (Å²) in [5.41, 5.74) is 2.47. The Balaban J connectivity index is 1.15. The molecule has 2 aromatic heterocycles. The third kappa shape index (κ3) is 5.53. The lowest BCUT2D eigenvalue weighted by atomic mass is 9.96. The molecule has 1 fully saturated rings. The number of hydrogen-bond donors (Lipinski definition) is 3. The van der Waals surface area contributed by atoms with Crippen LogP contribution in [-0.4, -0.2) is 65.8 Å². The summed E-state index contributed by atoms with van der Waals surface area (Å²) in [6.45, 7) is 3.98. The summed E-state index contributed by atoms with van der Waals surface area (Å²) in [5.74, 6) is 1.94. The minimum absolute atomic E-state index is 0.0321. The fraction of sp³-hybridized carbons (Fsp3) is 0.423. The van der Waals surface area contributed by atoms with Crippen LogP contribution < -0.4 is 20.1 Å². The summed E-state index contributed by atoms with van der Waals surface area (Å²) in [6.07, 6.45) is 1.62. The van der Waals surface area contributed by atoms with Crippen molar-refractivity contribution in [1.29, 1.82) is 0 Å². The molecule has 0 aliphatic carbocycles. The number of carbonyl (C=O) groups excluding carboxylic acids is 1. The van der Waals surface area contributed by atoms with Crippen molar-refractivity contribution in [3.05, 3.63) is 53.7 Å². The van der Waals surface area contributed by atoms with Gasteiger partial charge in [-0.1, -0.05) is 18.2 Å². The second kappa shape index (κ2) is 10.6. The number of methoxy groups -OCH3 is 1. The van der Waals surface area contributed by atoms with Gasteiger partial charge in [0.1, 0.15) is 0 Å². The van der Waals surface area contributed by atoms with Gasteiger partial charge in [0, 0.05) is 36.7 Å². The quantitative estimate of drug-likeness (QED) is 0.454. The highest BCUT2D eigenvalue weighted by Gasteiger charge is 2.23. The number of rotatable bonds is 8. The number of carbonyl (C=O) groups is 1. The van der Waals surface area contributed by atoms with Crippen molar-refractivity contribution in [3.63, 3.8) is 0 Å². The van der Waals surface area contributed by atoms with Crippen LogP contribution in [0.25, 0.3) is 10.9 Å². The van der Waals surface area contributed by atoms with E-state index in [1.165, 1.54) is 0 Å². The Bertz CT molecular complexity index is 1200. The number of aliphatic hydroxyl groups excluding tert-OH is 1. The number of amides is 1. The standard InChI is InChI=1S/C26H31N5O4/c1-34-24-10-7-18-5-2-6-20(25(18)30-24)21(32)15-31-11-3-4-17(14-31)12-27-13-19-8-9-22-26(28-19)29-23(33)16-35-22/h2,5-10,17,21,27,32H,3-4,11-16H2,1H3,(H,28,29,33). The number of aromatic nitrogens is 2. The number of pyridine rings is 2. The van der Waals surface area contributed by atoms with Crippen molar-refractivity contribution >= 4 is 22.6 Å². The normalized spacial score (nSPS) is 19.0. The van der Waals surface area contributed by atoms with E-state index >= 15 is 0 Å². The van der Waals surface area contributed by atoms with Crippen molar-refractivity contribution in [1.82, 2.24) is 20.2 Å². The van der Waals surface area contributed by atoms with E-state index in [0.29, 0.717) is 36.5 Å². The summed E-state index contributed by atoms with van der Waals surface area (Å²) >= 11 is 0. The van der Waals surface area contributed by atoms with Gasteiger partial charge in [-0.2, -0.15) is 0 Å². The smallest absolute Gasteiger partial charge is 0.263 e. The summed E-state index contributed by atoms with van der Waals surface area (Å²) in [5, 5.41) is 18.3. The predicted octanol–water partition coefficient (Wildman–Crippen LogP) is 2.50. The van der Waals surface area contributed by atoms with Gasteiger partial charge in [-0.25, -0.2) is 9.97 Å². The summed E-state index contributed by atoms with van der Waals surface area (Å²) in [4.78, 5) is 22.9. The van der Waals surface area contributed by atoms with Gasteiger partial charge in [-0.15, -0.1) is 0 Å². The summed E-state index contributed by atoms with van der Waals surface area (Å²) in [7, 11) is 1.60. The van der Waals surface area contributed by atoms with Crippen LogP contribution in [0.15, 0.2) is 42.5 Å². The van der Waals surface area contributed by atoms with Gasteiger partial charge in [0.05, 0.1) is 24.4 Å². The molecule has 2 aliphatic heterocycles. The largest absolute Gasteiger partial charge is 0.481 e. The molecule has 1 aromatic carbocycles. The fourth-order valence-corrected chi connectivity index (χ4v) is 4.87. The predicted molar refractivity (Wildman–Crippen MR) is 132 cm³/mol. The number of fused-ring (bicyclic) bond motifs is 2. The Labute approximate surface area is 204 Å². The molecule has 9 nitrogen and oxygen atoms in total. The molecule has 3 aromatic rings. The van der Waals surface area contributed by atoms with Crippen molar-refractivity contribution in [2.75, 3.05) is 45.2 Å². The van der Waals surface area contributed by atoms with E-state index in [1.807, 2.05) is 42.5 Å². The van der Waals surface area contributed by atoms with E-state index in [1.54, 1.807) is 7.11 Å². The summed E-state index contributed by atoms with van der Waals surface area (Å²) < 4.78 is 10.7. The zero-order valence-electron chi connectivity index (χ0n) is 19.9. The van der Waals surface area contributed by atoms with Gasteiger partial charge in [0.25, 0.3) is 5.91 Å². The SMILES string of the molecule is COc1ccc2cccc(C(O)CN3CCCC(CNCc4ccc5c(n4)NC(=O)CO5)C3)c2n1. The maximum absolute atomic E-state index is 11.5. The molecule has 1 amide bonds. The molecule has 5 rings (SSSR count). The fourth-order valence-electron chi connectivity index (χ4n) is 4.87. The van der Waals surface area contributed by atoms with E-state index in [2.05, 4.69) is 25.5 Å². The Morgan fingerprint density at radius 1 is 1.26 bits per heavy atom. The first kappa shape index (κ1) is 23.5. The van der Waals surface area contributed by atoms with Gasteiger partial charge < -0.3 is 30.1 Å². The van der Waals surface area contributed by atoms with Gasteiger partial charge in [0.2, 0.25) is 5.88 Å². The number of β-amino-alcohol motifs (C(OH)–C–C–N with tert-alkyl or cyclic N) is 1. The molecule has 9 heteroatoms. The van der Waals surface area contributed by atoms with Crippen LogP contribution in [0, 0.1) is 5.92 Å². The van der Waals surface area contributed by atoms with E-state index in [9.17, 15) is 9.90 Å². The first-order valence-corrected chi connectivity index (χ1v) is 12.1. The molecule has 2 atom stereocenters. The van der Waals surface area contributed by atoms with Gasteiger partial charge in [0.15, 0.2) is 18.2 Å². The summed E-state index contributed by atoms with van der Waals surface area (Å²) in [6, 6.07) is 13.5. The maximum atomic E-state index is 11.5. The number of hydrogen-bond acceptors (Lipinski definition) is 8. The average Bonchev–Trinajstić information content (AvgIpc) is 2.88. The topological polar surface area (TPSA) is 109 Å². The third-order valence-electron chi connectivity index (χ3n) is 6.60. The maximum Gasteiger partial charge on any atom is 0.263 e. The second-order valence-electron chi connectivity index (χ2n) is 9.17. The number of ether oxygens (including phenoxy) is 2. The Kier molecular flexibility index (Phi) is 7.08. The van der Waals surface area contributed by atoms with Crippen molar-refractivity contribution in [2.24, 2.45) is 5.92 Å². The van der Waals surface area contributed by atoms with Gasteiger partial charge in [-0.05, 0) is 50.0 Å². The molecule has 0 spiro atoms. The highest BCUT2D eigenvalue weighted by atomic mass is 16.5. The van der Waals surface area contributed by atoms with Crippen LogP contribution in [-0.2, 0) is 11.3 Å². The molecule has 184 valence electrons. The number of benzene rings is 1. The van der Waals surface area contributed by atoms with Gasteiger partial charge >= 0.3 is 0 Å². The zero-order valence-corrected chi connectivity index (χ0v) is 19.9. The lowest BCUT2D eigenvalue weighted by Gasteiger charge is -2.34. The molecule has 4 heterocycles. The first-order valence-electron chi connectivity index (χ1n) is 12.1. The highest BCUT2D eigenvalue weighted by Crippen LogP contribution is 2.27. The molecule has 0 radical (unpaired) electrons. The number of nitrogens with one attached hydrogen (secondary N) is 2. The molecular formula is C26H31N5O4. The number of nitrogens with zero attached hydrogens (tertiary/aromatic N) is 3. The second-order valence-corrected chi connectivity index (χ2v) is 9.17. The highest BCUT2D eigenvalue weighted by molar-refractivity contribution is 5.94. The number of para-hydroxylation sites is 1. The number of likely N-dealkylation sites (tertiary alicyclic amines) is 1.